The van der Waals surface area contributed by atoms with Crippen molar-refractivity contribution in [3.63, 3.8) is 0 Å². The van der Waals surface area contributed by atoms with Crippen LogP contribution in [0.25, 0.3) is 0 Å². The Hall–Kier alpha value is -1.35. The van der Waals surface area contributed by atoms with Crippen molar-refractivity contribution in [2.45, 2.75) is 13.8 Å². The van der Waals surface area contributed by atoms with Gasteiger partial charge in [-0.3, -0.25) is 4.79 Å². The summed E-state index contributed by atoms with van der Waals surface area (Å²) in [4.78, 5) is 10.7. The third-order valence-electron chi connectivity index (χ3n) is 2.09. The van der Waals surface area contributed by atoms with Crippen LogP contribution in [0.15, 0.2) is 12.1 Å². The van der Waals surface area contributed by atoms with E-state index in [0.717, 1.165) is 17.4 Å². The SMILES string of the molecule is COCOc1cc(C)c(C)cc1C=O. The van der Waals surface area contributed by atoms with Crippen molar-refractivity contribution in [1.29, 1.82) is 0 Å². The van der Waals surface area contributed by atoms with Crippen LogP contribution in [0.2, 0.25) is 0 Å². The molecule has 0 aliphatic rings. The minimum Gasteiger partial charge on any atom is -0.467 e. The number of methoxy groups -OCH3 is 1. The molecule has 14 heavy (non-hydrogen) atoms. The maximum atomic E-state index is 10.7. The molecule has 0 bridgehead atoms. The Morgan fingerprint density at radius 1 is 1.29 bits per heavy atom. The topological polar surface area (TPSA) is 35.5 Å². The number of carbonyl (C=O) groups excluding carboxylic acids is 1. The molecule has 0 saturated heterocycles. The third kappa shape index (κ3) is 2.33. The average molecular weight is 194 g/mol. The largest absolute Gasteiger partial charge is 0.467 e. The van der Waals surface area contributed by atoms with E-state index < -0.39 is 0 Å². The van der Waals surface area contributed by atoms with Gasteiger partial charge in [-0.1, -0.05) is 0 Å². The summed E-state index contributed by atoms with van der Waals surface area (Å²) in [7, 11) is 1.54. The molecule has 1 aromatic carbocycles. The van der Waals surface area contributed by atoms with E-state index >= 15 is 0 Å². The first-order chi connectivity index (χ1) is 6.69. The van der Waals surface area contributed by atoms with Gasteiger partial charge in [0.2, 0.25) is 0 Å². The highest BCUT2D eigenvalue weighted by Gasteiger charge is 2.05. The molecule has 0 spiro atoms. The number of hydrogen-bond donors (Lipinski definition) is 0. The Labute approximate surface area is 83.6 Å². The average Bonchev–Trinajstić information content (AvgIpc) is 2.19. The van der Waals surface area contributed by atoms with E-state index in [1.54, 1.807) is 7.11 Å². The second kappa shape index (κ2) is 4.77. The zero-order chi connectivity index (χ0) is 10.6. The molecule has 0 atom stereocenters. The Balaban J connectivity index is 3.00. The lowest BCUT2D eigenvalue weighted by Crippen LogP contribution is -2.02. The maximum absolute atomic E-state index is 10.7. The van der Waals surface area contributed by atoms with Crippen molar-refractivity contribution in [1.82, 2.24) is 0 Å². The Kier molecular flexibility index (Phi) is 3.65. The van der Waals surface area contributed by atoms with Gasteiger partial charge in [0.25, 0.3) is 0 Å². The second-order valence-electron chi connectivity index (χ2n) is 3.14. The van der Waals surface area contributed by atoms with Gasteiger partial charge in [-0.2, -0.15) is 0 Å². The normalized spacial score (nSPS) is 9.93. The van der Waals surface area contributed by atoms with Crippen molar-refractivity contribution < 1.29 is 14.3 Å². The highest BCUT2D eigenvalue weighted by Crippen LogP contribution is 2.21. The molecule has 0 aliphatic heterocycles. The van der Waals surface area contributed by atoms with Gasteiger partial charge in [0, 0.05) is 7.11 Å². The van der Waals surface area contributed by atoms with Gasteiger partial charge < -0.3 is 9.47 Å². The van der Waals surface area contributed by atoms with Crippen LogP contribution in [0, 0.1) is 13.8 Å². The summed E-state index contributed by atoms with van der Waals surface area (Å²) in [5.74, 6) is 0.574. The van der Waals surface area contributed by atoms with E-state index in [0.29, 0.717) is 11.3 Å². The molecule has 76 valence electrons. The number of ether oxygens (including phenoxy) is 2. The van der Waals surface area contributed by atoms with Crippen LogP contribution >= 0.6 is 0 Å². The van der Waals surface area contributed by atoms with Gasteiger partial charge in [0.15, 0.2) is 13.1 Å². The molecule has 0 aliphatic carbocycles. The summed E-state index contributed by atoms with van der Waals surface area (Å²) in [5.41, 5.74) is 2.74. The van der Waals surface area contributed by atoms with Gasteiger partial charge in [-0.25, -0.2) is 0 Å². The Morgan fingerprint density at radius 2 is 1.93 bits per heavy atom. The van der Waals surface area contributed by atoms with Gasteiger partial charge in [0.05, 0.1) is 5.56 Å². The fraction of sp³-hybridized carbons (Fsp3) is 0.364. The molecule has 0 saturated carbocycles. The second-order valence-corrected chi connectivity index (χ2v) is 3.14. The fourth-order valence-electron chi connectivity index (χ4n) is 1.15. The minimum atomic E-state index is 0.156. The van der Waals surface area contributed by atoms with E-state index in [4.69, 9.17) is 9.47 Å². The van der Waals surface area contributed by atoms with Crippen molar-refractivity contribution >= 4 is 6.29 Å². The van der Waals surface area contributed by atoms with Gasteiger partial charge >= 0.3 is 0 Å². The third-order valence-corrected chi connectivity index (χ3v) is 2.09. The van der Waals surface area contributed by atoms with Crippen molar-refractivity contribution in [3.05, 3.63) is 28.8 Å². The summed E-state index contributed by atoms with van der Waals surface area (Å²) in [6.07, 6.45) is 0.789. The number of aryl methyl sites for hydroxylation is 2. The van der Waals surface area contributed by atoms with E-state index in [9.17, 15) is 4.79 Å². The van der Waals surface area contributed by atoms with Crippen molar-refractivity contribution in [3.8, 4) is 5.75 Å². The molecule has 0 fully saturated rings. The summed E-state index contributed by atoms with van der Waals surface area (Å²) < 4.78 is 10.0. The molecule has 0 amide bonds. The predicted octanol–water partition coefficient (Wildman–Crippen LogP) is 2.10. The highest BCUT2D eigenvalue weighted by atomic mass is 16.7. The number of hydrogen-bond acceptors (Lipinski definition) is 3. The summed E-state index contributed by atoms with van der Waals surface area (Å²) >= 11 is 0. The smallest absolute Gasteiger partial charge is 0.188 e. The zero-order valence-corrected chi connectivity index (χ0v) is 8.66. The lowest BCUT2D eigenvalue weighted by atomic mass is 10.1. The monoisotopic (exact) mass is 194 g/mol. The van der Waals surface area contributed by atoms with Gasteiger partial charge in [-0.05, 0) is 37.1 Å². The lowest BCUT2D eigenvalue weighted by Gasteiger charge is -2.09. The minimum absolute atomic E-state index is 0.156. The van der Waals surface area contributed by atoms with Crippen LogP contribution in [-0.2, 0) is 4.74 Å². The lowest BCUT2D eigenvalue weighted by molar-refractivity contribution is 0.0505. The first-order valence-corrected chi connectivity index (χ1v) is 4.37. The molecule has 0 heterocycles. The zero-order valence-electron chi connectivity index (χ0n) is 8.66. The van der Waals surface area contributed by atoms with E-state index in [2.05, 4.69) is 0 Å². The standard InChI is InChI=1S/C11H14O3/c1-8-4-10(6-12)11(5-9(8)2)14-7-13-3/h4-6H,7H2,1-3H3. The summed E-state index contributed by atoms with van der Waals surface area (Å²) in [5, 5.41) is 0. The van der Waals surface area contributed by atoms with Crippen LogP contribution in [0.5, 0.6) is 5.75 Å². The number of benzene rings is 1. The van der Waals surface area contributed by atoms with Crippen LogP contribution in [0.1, 0.15) is 21.5 Å². The van der Waals surface area contributed by atoms with Crippen molar-refractivity contribution in [2.24, 2.45) is 0 Å². The molecule has 0 aromatic heterocycles. The van der Waals surface area contributed by atoms with Crippen LogP contribution in [-0.4, -0.2) is 20.2 Å². The van der Waals surface area contributed by atoms with Crippen molar-refractivity contribution in [2.75, 3.05) is 13.9 Å². The number of aldehydes is 1. The first-order valence-electron chi connectivity index (χ1n) is 4.37. The molecular formula is C11H14O3. The predicted molar refractivity (Wildman–Crippen MR) is 53.8 cm³/mol. The molecule has 0 N–H and O–H groups in total. The molecule has 3 nitrogen and oxygen atoms in total. The highest BCUT2D eigenvalue weighted by molar-refractivity contribution is 5.80. The molecular weight excluding hydrogens is 180 g/mol. The molecule has 0 unspecified atom stereocenters. The van der Waals surface area contributed by atoms with E-state index in [1.165, 1.54) is 0 Å². The molecule has 1 aromatic rings. The summed E-state index contributed by atoms with van der Waals surface area (Å²) in [6.45, 7) is 4.09. The summed E-state index contributed by atoms with van der Waals surface area (Å²) in [6, 6.07) is 3.66. The molecule has 1 rings (SSSR count). The van der Waals surface area contributed by atoms with Gasteiger partial charge in [0.1, 0.15) is 5.75 Å². The van der Waals surface area contributed by atoms with Crippen LogP contribution < -0.4 is 4.74 Å². The van der Waals surface area contributed by atoms with E-state index in [1.807, 2.05) is 26.0 Å². The van der Waals surface area contributed by atoms with Crippen LogP contribution in [0.3, 0.4) is 0 Å². The molecule has 3 heteroatoms. The quantitative estimate of drug-likeness (QED) is 0.544. The van der Waals surface area contributed by atoms with E-state index in [-0.39, 0.29) is 6.79 Å². The Bertz CT molecular complexity index is 332. The Morgan fingerprint density at radius 3 is 2.50 bits per heavy atom. The fourth-order valence-corrected chi connectivity index (χ4v) is 1.15. The molecule has 0 radical (unpaired) electrons. The van der Waals surface area contributed by atoms with Crippen LogP contribution in [0.4, 0.5) is 0 Å². The van der Waals surface area contributed by atoms with Gasteiger partial charge in [-0.15, -0.1) is 0 Å². The number of carbonyl (C=O) groups is 1. The number of rotatable bonds is 4. The first kappa shape index (κ1) is 10.7. The maximum Gasteiger partial charge on any atom is 0.188 e.